The molecule has 0 radical (unpaired) electrons. The van der Waals surface area contributed by atoms with Crippen molar-refractivity contribution in [1.29, 1.82) is 0 Å². The molecule has 0 atom stereocenters. The van der Waals surface area contributed by atoms with Crippen molar-refractivity contribution < 1.29 is 0 Å². The maximum atomic E-state index is 2.38. The van der Waals surface area contributed by atoms with Gasteiger partial charge in [0.25, 0.3) is 0 Å². The average Bonchev–Trinajstić information content (AvgIpc) is 3.75. The molecule has 0 amide bonds. The van der Waals surface area contributed by atoms with E-state index in [0.29, 0.717) is 0 Å². The van der Waals surface area contributed by atoms with Crippen LogP contribution in [0.5, 0.6) is 0 Å². The highest BCUT2D eigenvalue weighted by molar-refractivity contribution is 6.25. The molecule has 12 rings (SSSR count). The van der Waals surface area contributed by atoms with Crippen molar-refractivity contribution in [2.45, 2.75) is 0 Å². The minimum absolute atomic E-state index is 1.18. The van der Waals surface area contributed by atoms with Crippen molar-refractivity contribution in [1.82, 2.24) is 9.13 Å². The van der Waals surface area contributed by atoms with E-state index in [-0.39, 0.29) is 0 Å². The highest BCUT2D eigenvalue weighted by Crippen LogP contribution is 2.42. The second-order valence-corrected chi connectivity index (χ2v) is 14.6. The lowest BCUT2D eigenvalue weighted by Crippen LogP contribution is -1.93. The van der Waals surface area contributed by atoms with Crippen molar-refractivity contribution in [2.24, 2.45) is 0 Å². The zero-order valence-electron chi connectivity index (χ0n) is 29.4. The molecule has 2 aromatic heterocycles. The van der Waals surface area contributed by atoms with E-state index in [0.717, 1.165) is 0 Å². The van der Waals surface area contributed by atoms with Crippen LogP contribution in [0.15, 0.2) is 194 Å². The number of rotatable bonds is 4. The summed E-state index contributed by atoms with van der Waals surface area (Å²) < 4.78 is 4.76. The van der Waals surface area contributed by atoms with E-state index in [9.17, 15) is 0 Å². The van der Waals surface area contributed by atoms with Crippen LogP contribution >= 0.6 is 0 Å². The molecule has 0 aliphatic carbocycles. The van der Waals surface area contributed by atoms with Gasteiger partial charge in [0.05, 0.1) is 22.1 Å². The first-order valence-electron chi connectivity index (χ1n) is 18.7. The average molecular weight is 685 g/mol. The van der Waals surface area contributed by atoms with Crippen LogP contribution in [0.25, 0.3) is 110 Å². The number of benzene rings is 10. The molecule has 2 nitrogen and oxygen atoms in total. The van der Waals surface area contributed by atoms with Gasteiger partial charge >= 0.3 is 0 Å². The Morgan fingerprint density at radius 3 is 1.00 bits per heavy atom. The van der Waals surface area contributed by atoms with Crippen LogP contribution in [0.2, 0.25) is 0 Å². The Balaban J connectivity index is 0.988. The molecule has 2 heteroatoms. The SMILES string of the molecule is c1ccc(-n2c3ccccc3c3cc(-c4cc5ccc6cc(-c7ccc8c(c7)c7ccccc7n8-c7ccccc7)cc7ccc(c4)c5c67)ccc32)cc1. The molecular weight excluding hydrogens is 653 g/mol. The summed E-state index contributed by atoms with van der Waals surface area (Å²) in [4.78, 5) is 0. The Morgan fingerprint density at radius 2 is 0.593 bits per heavy atom. The van der Waals surface area contributed by atoms with Crippen LogP contribution in [0.1, 0.15) is 0 Å². The third-order valence-electron chi connectivity index (χ3n) is 11.6. The van der Waals surface area contributed by atoms with Crippen LogP contribution in [0, 0.1) is 0 Å². The highest BCUT2D eigenvalue weighted by Gasteiger charge is 2.17. The van der Waals surface area contributed by atoms with Crippen molar-refractivity contribution >= 4 is 75.9 Å². The Labute approximate surface area is 311 Å². The molecule has 12 aromatic rings. The van der Waals surface area contributed by atoms with Crippen molar-refractivity contribution in [3.8, 4) is 33.6 Å². The van der Waals surface area contributed by atoms with E-state index >= 15 is 0 Å². The summed E-state index contributed by atoms with van der Waals surface area (Å²) in [6.45, 7) is 0. The molecule has 0 aliphatic rings. The predicted molar refractivity (Wildman–Crippen MR) is 230 cm³/mol. The zero-order valence-corrected chi connectivity index (χ0v) is 29.4. The molecule has 0 spiro atoms. The maximum absolute atomic E-state index is 2.38. The lowest BCUT2D eigenvalue weighted by atomic mass is 9.89. The third kappa shape index (κ3) is 4.22. The first-order chi connectivity index (χ1) is 26.8. The molecule has 0 bridgehead atoms. The summed E-state index contributed by atoms with van der Waals surface area (Å²) >= 11 is 0. The van der Waals surface area contributed by atoms with Crippen LogP contribution in [0.3, 0.4) is 0 Å². The number of hydrogen-bond donors (Lipinski definition) is 0. The molecule has 0 saturated carbocycles. The van der Waals surface area contributed by atoms with Gasteiger partial charge in [-0.15, -0.1) is 0 Å². The van der Waals surface area contributed by atoms with Crippen LogP contribution < -0.4 is 0 Å². The van der Waals surface area contributed by atoms with Gasteiger partial charge in [-0.05, 0) is 140 Å². The molecule has 10 aromatic carbocycles. The van der Waals surface area contributed by atoms with E-state index in [4.69, 9.17) is 0 Å². The van der Waals surface area contributed by atoms with Gasteiger partial charge in [-0.1, -0.05) is 109 Å². The second-order valence-electron chi connectivity index (χ2n) is 14.6. The van der Waals surface area contributed by atoms with Crippen LogP contribution in [-0.4, -0.2) is 9.13 Å². The van der Waals surface area contributed by atoms with Gasteiger partial charge in [-0.3, -0.25) is 0 Å². The number of para-hydroxylation sites is 4. The smallest absolute Gasteiger partial charge is 0.0541 e. The van der Waals surface area contributed by atoms with Gasteiger partial charge in [-0.25, -0.2) is 0 Å². The van der Waals surface area contributed by atoms with Gasteiger partial charge in [0.15, 0.2) is 0 Å². The summed E-state index contributed by atoms with van der Waals surface area (Å²) in [5, 5.41) is 12.9. The summed E-state index contributed by atoms with van der Waals surface area (Å²) in [5.74, 6) is 0. The molecule has 2 heterocycles. The number of hydrogen-bond acceptors (Lipinski definition) is 0. The Morgan fingerprint density at radius 1 is 0.241 bits per heavy atom. The maximum Gasteiger partial charge on any atom is 0.0541 e. The Kier molecular flexibility index (Phi) is 6.09. The standard InChI is InChI=1S/C52H32N2/c1-3-11-41(12-4-1)53-47-17-9-7-15-43(47)45-31-33(23-25-49(45)53)39-27-35-19-21-37-29-40(30-38-22-20-36(28-39)51(35)52(37)38)34-24-26-50-46(32-34)44-16-8-10-18-48(44)54(50)42-13-5-2-6-14-42/h1-32H. The lowest BCUT2D eigenvalue weighted by Gasteiger charge is -2.15. The van der Waals surface area contributed by atoms with E-state index in [1.165, 1.54) is 110 Å². The number of aromatic nitrogens is 2. The largest absolute Gasteiger partial charge is 0.309 e. The van der Waals surface area contributed by atoms with Gasteiger partial charge in [0.1, 0.15) is 0 Å². The van der Waals surface area contributed by atoms with Gasteiger partial charge < -0.3 is 9.13 Å². The number of nitrogens with zero attached hydrogens (tertiary/aromatic N) is 2. The predicted octanol–water partition coefficient (Wildman–Crippen LogP) is 14.1. The zero-order chi connectivity index (χ0) is 35.3. The Bertz CT molecular complexity index is 3120. The van der Waals surface area contributed by atoms with Gasteiger partial charge in [-0.2, -0.15) is 0 Å². The molecule has 0 fully saturated rings. The minimum atomic E-state index is 1.18. The normalized spacial score (nSPS) is 12.1. The highest BCUT2D eigenvalue weighted by atomic mass is 15.0. The fourth-order valence-corrected chi connectivity index (χ4v) is 9.19. The number of fused-ring (bicyclic) bond motifs is 6. The van der Waals surface area contributed by atoms with Gasteiger partial charge in [0, 0.05) is 32.9 Å². The van der Waals surface area contributed by atoms with Crippen molar-refractivity contribution in [3.63, 3.8) is 0 Å². The molecule has 0 saturated heterocycles. The first-order valence-corrected chi connectivity index (χ1v) is 18.7. The van der Waals surface area contributed by atoms with Crippen LogP contribution in [0.4, 0.5) is 0 Å². The summed E-state index contributed by atoms with van der Waals surface area (Å²) in [6, 6.07) is 71.5. The van der Waals surface area contributed by atoms with Gasteiger partial charge in [0.2, 0.25) is 0 Å². The quantitative estimate of drug-likeness (QED) is 0.163. The summed E-state index contributed by atoms with van der Waals surface area (Å²) in [5.41, 5.74) is 12.2. The molecule has 54 heavy (non-hydrogen) atoms. The van der Waals surface area contributed by atoms with Crippen molar-refractivity contribution in [2.75, 3.05) is 0 Å². The first kappa shape index (κ1) is 29.4. The van der Waals surface area contributed by atoms with E-state index in [2.05, 4.69) is 203 Å². The fourth-order valence-electron chi connectivity index (χ4n) is 9.19. The second kappa shape index (κ2) is 11.2. The monoisotopic (exact) mass is 684 g/mol. The topological polar surface area (TPSA) is 9.86 Å². The summed E-state index contributed by atoms with van der Waals surface area (Å²) in [6.07, 6.45) is 0. The van der Waals surface area contributed by atoms with Crippen LogP contribution in [-0.2, 0) is 0 Å². The van der Waals surface area contributed by atoms with E-state index in [1.807, 2.05) is 0 Å². The minimum Gasteiger partial charge on any atom is -0.309 e. The molecule has 250 valence electrons. The third-order valence-corrected chi connectivity index (χ3v) is 11.6. The molecule has 0 aliphatic heterocycles. The fraction of sp³-hybridized carbons (Fsp3) is 0. The molecular formula is C52H32N2. The molecule has 0 N–H and O–H groups in total. The Hall–Kier alpha value is -7.16. The van der Waals surface area contributed by atoms with E-state index in [1.54, 1.807) is 0 Å². The lowest BCUT2D eigenvalue weighted by molar-refractivity contribution is 1.18. The summed E-state index contributed by atoms with van der Waals surface area (Å²) in [7, 11) is 0. The van der Waals surface area contributed by atoms with E-state index < -0.39 is 0 Å². The molecule has 0 unspecified atom stereocenters. The van der Waals surface area contributed by atoms with Crippen molar-refractivity contribution in [3.05, 3.63) is 194 Å².